The number of benzene rings is 1. The van der Waals surface area contributed by atoms with Gasteiger partial charge in [0.2, 0.25) is 0 Å². The quantitative estimate of drug-likeness (QED) is 0.831. The molecule has 5 heteroatoms. The topological polar surface area (TPSA) is 49.6 Å². The first kappa shape index (κ1) is 11.7. The second kappa shape index (κ2) is 4.09. The third-order valence-electron chi connectivity index (χ3n) is 3.26. The third-order valence-corrected chi connectivity index (χ3v) is 3.26. The van der Waals surface area contributed by atoms with Crippen LogP contribution < -0.4 is 0 Å². The highest BCUT2D eigenvalue weighted by molar-refractivity contribution is 5.59. The van der Waals surface area contributed by atoms with Crippen molar-refractivity contribution in [3.63, 3.8) is 0 Å². The molecule has 1 fully saturated rings. The van der Waals surface area contributed by atoms with Crippen LogP contribution in [0.5, 0.6) is 0 Å². The zero-order chi connectivity index (χ0) is 13.5. The number of nitrogens with zero attached hydrogens (tertiary/aromatic N) is 3. The highest BCUT2D eigenvalue weighted by Gasteiger charge is 2.47. The van der Waals surface area contributed by atoms with E-state index in [-0.39, 0.29) is 0 Å². The molecule has 1 aliphatic rings. The van der Waals surface area contributed by atoms with E-state index in [0.29, 0.717) is 17.1 Å². The second-order valence-electron chi connectivity index (χ2n) is 4.59. The van der Waals surface area contributed by atoms with E-state index in [1.54, 1.807) is 6.07 Å². The van der Waals surface area contributed by atoms with Crippen LogP contribution in [0.4, 0.5) is 8.78 Å². The smallest absolute Gasteiger partial charge is 0.159 e. The predicted octanol–water partition coefficient (Wildman–Crippen LogP) is 2.98. The summed E-state index contributed by atoms with van der Waals surface area (Å²) in [6.07, 6.45) is 3.02. The summed E-state index contributed by atoms with van der Waals surface area (Å²) in [5, 5.41) is 9.11. The average molecular weight is 257 g/mol. The predicted molar refractivity (Wildman–Crippen MR) is 63.9 cm³/mol. The first-order valence-corrected chi connectivity index (χ1v) is 5.85. The Bertz CT molecular complexity index is 687. The van der Waals surface area contributed by atoms with Crippen molar-refractivity contribution in [1.82, 2.24) is 9.97 Å². The lowest BCUT2D eigenvalue weighted by atomic mass is 10.1. The van der Waals surface area contributed by atoms with Crippen LogP contribution >= 0.6 is 0 Å². The van der Waals surface area contributed by atoms with Gasteiger partial charge in [0.15, 0.2) is 11.6 Å². The Labute approximate surface area is 108 Å². The third kappa shape index (κ3) is 1.95. The van der Waals surface area contributed by atoms with E-state index in [0.717, 1.165) is 25.0 Å². The van der Waals surface area contributed by atoms with E-state index < -0.39 is 17.0 Å². The molecule has 0 N–H and O–H groups in total. The molecule has 0 amide bonds. The molecule has 1 heterocycles. The van der Waals surface area contributed by atoms with Gasteiger partial charge in [-0.15, -0.1) is 0 Å². The average Bonchev–Trinajstić information content (AvgIpc) is 3.23. The summed E-state index contributed by atoms with van der Waals surface area (Å²) in [5.41, 5.74) is 0.371. The Morgan fingerprint density at radius 3 is 2.58 bits per heavy atom. The van der Waals surface area contributed by atoms with Gasteiger partial charge in [-0.3, -0.25) is 0 Å². The Morgan fingerprint density at radius 1 is 1.16 bits per heavy atom. The van der Waals surface area contributed by atoms with E-state index in [9.17, 15) is 8.78 Å². The lowest BCUT2D eigenvalue weighted by Crippen LogP contribution is -2.09. The molecule has 3 rings (SSSR count). The summed E-state index contributed by atoms with van der Waals surface area (Å²) in [4.78, 5) is 8.40. The summed E-state index contributed by atoms with van der Waals surface area (Å²) in [6.45, 7) is 0. The maximum atomic E-state index is 13.2. The number of halogens is 2. The number of hydrogen-bond acceptors (Lipinski definition) is 3. The van der Waals surface area contributed by atoms with Gasteiger partial charge in [0, 0.05) is 11.8 Å². The summed E-state index contributed by atoms with van der Waals surface area (Å²) >= 11 is 0. The molecule has 94 valence electrons. The van der Waals surface area contributed by atoms with E-state index in [2.05, 4.69) is 16.0 Å². The number of rotatable bonds is 2. The molecule has 0 atom stereocenters. The lowest BCUT2D eigenvalue weighted by Gasteiger charge is -2.07. The maximum Gasteiger partial charge on any atom is 0.159 e. The highest BCUT2D eigenvalue weighted by atomic mass is 19.2. The molecular weight excluding hydrogens is 248 g/mol. The number of hydrogen-bond donors (Lipinski definition) is 0. The summed E-state index contributed by atoms with van der Waals surface area (Å²) in [7, 11) is 0. The standard InChI is InChI=1S/C14H9F2N3/c15-10-2-1-9(7-11(10)16)12-3-6-18-13(19-12)14(8-17)4-5-14/h1-3,6-7H,4-5H2. The zero-order valence-electron chi connectivity index (χ0n) is 9.90. The fourth-order valence-electron chi connectivity index (χ4n) is 1.92. The molecule has 1 aromatic heterocycles. The van der Waals surface area contributed by atoms with Crippen molar-refractivity contribution in [2.24, 2.45) is 0 Å². The molecule has 0 saturated heterocycles. The number of nitriles is 1. The molecule has 0 radical (unpaired) electrons. The Morgan fingerprint density at radius 2 is 1.95 bits per heavy atom. The van der Waals surface area contributed by atoms with Gasteiger partial charge in [-0.1, -0.05) is 0 Å². The van der Waals surface area contributed by atoms with Crippen molar-refractivity contribution >= 4 is 0 Å². The first-order chi connectivity index (χ1) is 9.14. The monoisotopic (exact) mass is 257 g/mol. The Kier molecular flexibility index (Phi) is 2.53. The minimum atomic E-state index is -0.918. The van der Waals surface area contributed by atoms with Crippen LogP contribution in [0.1, 0.15) is 18.7 Å². The van der Waals surface area contributed by atoms with Gasteiger partial charge >= 0.3 is 0 Å². The van der Waals surface area contributed by atoms with Crippen molar-refractivity contribution in [1.29, 1.82) is 5.26 Å². The minimum Gasteiger partial charge on any atom is -0.240 e. The van der Waals surface area contributed by atoms with Crippen LogP contribution in [0.3, 0.4) is 0 Å². The molecule has 0 aliphatic heterocycles. The van der Waals surface area contributed by atoms with Crippen molar-refractivity contribution < 1.29 is 8.78 Å². The number of aromatic nitrogens is 2. The largest absolute Gasteiger partial charge is 0.240 e. The molecule has 0 unspecified atom stereocenters. The van der Waals surface area contributed by atoms with Crippen LogP contribution in [0.2, 0.25) is 0 Å². The zero-order valence-corrected chi connectivity index (χ0v) is 9.90. The van der Waals surface area contributed by atoms with Gasteiger partial charge < -0.3 is 0 Å². The van der Waals surface area contributed by atoms with Crippen molar-refractivity contribution in [2.45, 2.75) is 18.3 Å². The van der Waals surface area contributed by atoms with Crippen molar-refractivity contribution in [3.8, 4) is 17.3 Å². The molecular formula is C14H9F2N3. The van der Waals surface area contributed by atoms with Gasteiger partial charge in [-0.25, -0.2) is 18.7 Å². The molecule has 1 aromatic carbocycles. The van der Waals surface area contributed by atoms with Gasteiger partial charge in [-0.05, 0) is 37.1 Å². The highest BCUT2D eigenvalue weighted by Crippen LogP contribution is 2.46. The fraction of sp³-hybridized carbons (Fsp3) is 0.214. The van der Waals surface area contributed by atoms with Crippen LogP contribution in [-0.2, 0) is 5.41 Å². The fourth-order valence-corrected chi connectivity index (χ4v) is 1.92. The molecule has 0 bridgehead atoms. The Balaban J connectivity index is 2.04. The van der Waals surface area contributed by atoms with Crippen LogP contribution in [0.15, 0.2) is 30.5 Å². The van der Waals surface area contributed by atoms with E-state index in [4.69, 9.17) is 5.26 Å². The van der Waals surface area contributed by atoms with Gasteiger partial charge in [0.25, 0.3) is 0 Å². The molecule has 3 nitrogen and oxygen atoms in total. The maximum absolute atomic E-state index is 13.2. The van der Waals surface area contributed by atoms with E-state index in [1.807, 2.05) is 0 Å². The van der Waals surface area contributed by atoms with Gasteiger partial charge in [0.05, 0.1) is 11.8 Å². The molecule has 2 aromatic rings. The minimum absolute atomic E-state index is 0.456. The van der Waals surface area contributed by atoms with Gasteiger partial charge in [0.1, 0.15) is 11.2 Å². The first-order valence-electron chi connectivity index (χ1n) is 5.85. The van der Waals surface area contributed by atoms with E-state index >= 15 is 0 Å². The van der Waals surface area contributed by atoms with Gasteiger partial charge in [-0.2, -0.15) is 5.26 Å². The SMILES string of the molecule is N#CC1(c2nccc(-c3ccc(F)c(F)c3)n2)CC1. The van der Waals surface area contributed by atoms with Crippen LogP contribution in [0.25, 0.3) is 11.3 Å². The molecule has 19 heavy (non-hydrogen) atoms. The van der Waals surface area contributed by atoms with E-state index in [1.165, 1.54) is 12.3 Å². The lowest BCUT2D eigenvalue weighted by molar-refractivity contribution is 0.509. The summed E-state index contributed by atoms with van der Waals surface area (Å²) in [6, 6.07) is 7.43. The molecule has 0 spiro atoms. The Hall–Kier alpha value is -2.35. The molecule has 1 aliphatic carbocycles. The summed E-state index contributed by atoms with van der Waals surface area (Å²) < 4.78 is 26.1. The van der Waals surface area contributed by atoms with Crippen LogP contribution in [0, 0.1) is 23.0 Å². The van der Waals surface area contributed by atoms with Crippen molar-refractivity contribution in [2.75, 3.05) is 0 Å². The normalized spacial score (nSPS) is 15.8. The summed E-state index contributed by atoms with van der Waals surface area (Å²) in [5.74, 6) is -1.36. The second-order valence-corrected chi connectivity index (χ2v) is 4.59. The van der Waals surface area contributed by atoms with Crippen molar-refractivity contribution in [3.05, 3.63) is 47.9 Å². The van der Waals surface area contributed by atoms with Crippen LogP contribution in [-0.4, -0.2) is 9.97 Å². The molecule has 1 saturated carbocycles.